The Balaban J connectivity index is 2.27. The van der Waals surface area contributed by atoms with Gasteiger partial charge in [0, 0.05) is 19.2 Å². The number of benzene rings is 1. The molecule has 1 aromatic rings. The van der Waals surface area contributed by atoms with Crippen molar-refractivity contribution < 1.29 is 8.78 Å². The highest BCUT2D eigenvalue weighted by Crippen LogP contribution is 2.27. The molecule has 0 atom stereocenters. The standard InChI is InChI=1S/C12H14BrF2N/c13-9-7-11(15)12(8-10(9)14)16-5-3-1-2-4-6-16/h7-8H,1-6H2. The number of anilines is 1. The van der Waals surface area contributed by atoms with E-state index < -0.39 is 5.82 Å². The Labute approximate surface area is 103 Å². The minimum absolute atomic E-state index is 0.184. The number of halogens is 3. The zero-order chi connectivity index (χ0) is 11.5. The van der Waals surface area contributed by atoms with E-state index in [1.807, 2.05) is 4.90 Å². The van der Waals surface area contributed by atoms with Crippen molar-refractivity contribution in [2.24, 2.45) is 0 Å². The summed E-state index contributed by atoms with van der Waals surface area (Å²) in [6.45, 7) is 1.63. The molecular weight excluding hydrogens is 276 g/mol. The Kier molecular flexibility index (Phi) is 3.79. The summed E-state index contributed by atoms with van der Waals surface area (Å²) < 4.78 is 27.3. The Morgan fingerprint density at radius 1 is 0.938 bits per heavy atom. The molecule has 1 nitrogen and oxygen atoms in total. The summed E-state index contributed by atoms with van der Waals surface area (Å²) in [6.07, 6.45) is 4.46. The molecule has 2 rings (SSSR count). The highest BCUT2D eigenvalue weighted by molar-refractivity contribution is 9.10. The summed E-state index contributed by atoms with van der Waals surface area (Å²) in [5.41, 5.74) is 0.391. The van der Waals surface area contributed by atoms with Crippen molar-refractivity contribution in [3.05, 3.63) is 28.2 Å². The van der Waals surface area contributed by atoms with Crippen LogP contribution in [0.3, 0.4) is 0 Å². The van der Waals surface area contributed by atoms with Crippen molar-refractivity contribution in [3.63, 3.8) is 0 Å². The lowest BCUT2D eigenvalue weighted by molar-refractivity contribution is 0.587. The molecule has 0 aromatic heterocycles. The van der Waals surface area contributed by atoms with E-state index in [4.69, 9.17) is 0 Å². The van der Waals surface area contributed by atoms with Crippen molar-refractivity contribution in [3.8, 4) is 0 Å². The molecule has 1 saturated heterocycles. The van der Waals surface area contributed by atoms with Gasteiger partial charge in [-0.3, -0.25) is 0 Å². The molecular formula is C12H14BrF2N. The second-order valence-electron chi connectivity index (χ2n) is 4.12. The summed E-state index contributed by atoms with van der Waals surface area (Å²) in [7, 11) is 0. The summed E-state index contributed by atoms with van der Waals surface area (Å²) in [5, 5.41) is 0. The molecule has 0 N–H and O–H groups in total. The third-order valence-corrected chi connectivity index (χ3v) is 3.54. The molecule has 0 spiro atoms. The van der Waals surface area contributed by atoms with E-state index >= 15 is 0 Å². The van der Waals surface area contributed by atoms with Crippen molar-refractivity contribution in [2.75, 3.05) is 18.0 Å². The van der Waals surface area contributed by atoms with Crippen LogP contribution < -0.4 is 4.90 Å². The second kappa shape index (κ2) is 5.13. The normalized spacial score (nSPS) is 17.3. The molecule has 0 radical (unpaired) electrons. The number of hydrogen-bond donors (Lipinski definition) is 0. The molecule has 16 heavy (non-hydrogen) atoms. The average Bonchev–Trinajstić information content (AvgIpc) is 2.52. The third-order valence-electron chi connectivity index (χ3n) is 2.94. The Morgan fingerprint density at radius 2 is 1.56 bits per heavy atom. The largest absolute Gasteiger partial charge is 0.369 e. The van der Waals surface area contributed by atoms with Gasteiger partial charge in [-0.05, 0) is 34.8 Å². The summed E-state index contributed by atoms with van der Waals surface area (Å²) in [4.78, 5) is 1.94. The van der Waals surface area contributed by atoms with E-state index in [0.717, 1.165) is 25.9 Å². The van der Waals surface area contributed by atoms with Gasteiger partial charge in [0.1, 0.15) is 11.6 Å². The van der Waals surface area contributed by atoms with Crippen molar-refractivity contribution in [1.29, 1.82) is 0 Å². The molecule has 1 aromatic carbocycles. The van der Waals surface area contributed by atoms with Crippen LogP contribution in [-0.2, 0) is 0 Å². The van der Waals surface area contributed by atoms with E-state index in [1.165, 1.54) is 25.0 Å². The molecule has 0 amide bonds. The molecule has 4 heteroatoms. The van der Waals surface area contributed by atoms with Crippen LogP contribution in [0.25, 0.3) is 0 Å². The third kappa shape index (κ3) is 2.54. The topological polar surface area (TPSA) is 3.24 Å². The summed E-state index contributed by atoms with van der Waals surface area (Å²) in [6, 6.07) is 2.49. The Morgan fingerprint density at radius 3 is 2.19 bits per heavy atom. The molecule has 0 unspecified atom stereocenters. The van der Waals surface area contributed by atoms with Crippen LogP contribution in [0.1, 0.15) is 25.7 Å². The zero-order valence-corrected chi connectivity index (χ0v) is 10.6. The monoisotopic (exact) mass is 289 g/mol. The Hall–Kier alpha value is -0.640. The number of hydrogen-bond acceptors (Lipinski definition) is 1. The molecule has 0 saturated carbocycles. The number of rotatable bonds is 1. The van der Waals surface area contributed by atoms with Crippen LogP contribution in [0.4, 0.5) is 14.5 Å². The minimum Gasteiger partial charge on any atom is -0.369 e. The van der Waals surface area contributed by atoms with Gasteiger partial charge in [0.05, 0.1) is 10.2 Å². The fourth-order valence-electron chi connectivity index (χ4n) is 2.07. The molecule has 1 aliphatic rings. The lowest BCUT2D eigenvalue weighted by Gasteiger charge is -2.23. The average molecular weight is 290 g/mol. The van der Waals surface area contributed by atoms with Gasteiger partial charge < -0.3 is 4.90 Å². The summed E-state index contributed by atoms with van der Waals surface area (Å²) >= 11 is 2.99. The molecule has 0 aliphatic carbocycles. The van der Waals surface area contributed by atoms with Gasteiger partial charge in [0.25, 0.3) is 0 Å². The van der Waals surface area contributed by atoms with Crippen molar-refractivity contribution >= 4 is 21.6 Å². The van der Waals surface area contributed by atoms with E-state index in [-0.39, 0.29) is 10.3 Å². The number of nitrogens with zero attached hydrogens (tertiary/aromatic N) is 1. The molecule has 0 bridgehead atoms. The highest BCUT2D eigenvalue weighted by Gasteiger charge is 2.16. The van der Waals surface area contributed by atoms with Crippen LogP contribution >= 0.6 is 15.9 Å². The fraction of sp³-hybridized carbons (Fsp3) is 0.500. The molecule has 1 fully saturated rings. The van der Waals surface area contributed by atoms with E-state index in [9.17, 15) is 8.78 Å². The van der Waals surface area contributed by atoms with Crippen molar-refractivity contribution in [1.82, 2.24) is 0 Å². The Bertz CT molecular complexity index is 374. The minimum atomic E-state index is -0.402. The first-order valence-corrected chi connectivity index (χ1v) is 6.37. The van der Waals surface area contributed by atoms with Gasteiger partial charge in [-0.1, -0.05) is 12.8 Å². The van der Waals surface area contributed by atoms with Gasteiger partial charge in [0.15, 0.2) is 0 Å². The maximum atomic E-state index is 13.7. The zero-order valence-electron chi connectivity index (χ0n) is 8.98. The van der Waals surface area contributed by atoms with Crippen LogP contribution in [0.5, 0.6) is 0 Å². The van der Waals surface area contributed by atoms with Gasteiger partial charge in [-0.2, -0.15) is 0 Å². The molecule has 88 valence electrons. The van der Waals surface area contributed by atoms with Gasteiger partial charge in [0.2, 0.25) is 0 Å². The fourth-order valence-corrected chi connectivity index (χ4v) is 2.38. The first-order valence-electron chi connectivity index (χ1n) is 5.58. The maximum absolute atomic E-state index is 13.7. The first kappa shape index (κ1) is 11.8. The lowest BCUT2D eigenvalue weighted by Crippen LogP contribution is -2.25. The van der Waals surface area contributed by atoms with Crippen LogP contribution in [0.2, 0.25) is 0 Å². The van der Waals surface area contributed by atoms with Gasteiger partial charge in [-0.15, -0.1) is 0 Å². The van der Waals surface area contributed by atoms with E-state index in [0.29, 0.717) is 5.69 Å². The van der Waals surface area contributed by atoms with Gasteiger partial charge in [-0.25, -0.2) is 8.78 Å². The van der Waals surface area contributed by atoms with Crippen molar-refractivity contribution in [2.45, 2.75) is 25.7 Å². The van der Waals surface area contributed by atoms with E-state index in [2.05, 4.69) is 15.9 Å². The smallest absolute Gasteiger partial charge is 0.147 e. The van der Waals surface area contributed by atoms with E-state index in [1.54, 1.807) is 0 Å². The molecule has 1 aliphatic heterocycles. The SMILES string of the molecule is Fc1cc(N2CCCCCC2)c(F)cc1Br. The highest BCUT2D eigenvalue weighted by atomic mass is 79.9. The first-order chi connectivity index (χ1) is 7.68. The predicted octanol–water partition coefficient (Wildman–Crippen LogP) is 4.11. The second-order valence-corrected chi connectivity index (χ2v) is 4.97. The predicted molar refractivity (Wildman–Crippen MR) is 64.7 cm³/mol. The quantitative estimate of drug-likeness (QED) is 0.704. The summed E-state index contributed by atoms with van der Waals surface area (Å²) in [5.74, 6) is -0.754. The van der Waals surface area contributed by atoms with Gasteiger partial charge >= 0.3 is 0 Å². The maximum Gasteiger partial charge on any atom is 0.147 e. The molecule has 1 heterocycles. The van der Waals surface area contributed by atoms with Crippen LogP contribution in [0, 0.1) is 11.6 Å². The lowest BCUT2D eigenvalue weighted by atomic mass is 10.2. The van der Waals surface area contributed by atoms with Crippen LogP contribution in [-0.4, -0.2) is 13.1 Å². The van der Waals surface area contributed by atoms with Crippen LogP contribution in [0.15, 0.2) is 16.6 Å².